The minimum absolute atomic E-state index is 0.175. The summed E-state index contributed by atoms with van der Waals surface area (Å²) in [4.78, 5) is 31.4. The number of ether oxygens (including phenoxy) is 1. The van der Waals surface area contributed by atoms with Gasteiger partial charge in [-0.2, -0.15) is 0 Å². The summed E-state index contributed by atoms with van der Waals surface area (Å²) in [6.45, 7) is 5.51. The van der Waals surface area contributed by atoms with Gasteiger partial charge in [0.1, 0.15) is 5.69 Å². The second-order valence-corrected chi connectivity index (χ2v) is 5.48. The molecular formula is C15H15BrN2O3. The van der Waals surface area contributed by atoms with Crippen LogP contribution < -0.4 is 0 Å². The number of aryl methyl sites for hydroxylation is 1. The first-order valence-corrected chi connectivity index (χ1v) is 7.26. The largest absolute Gasteiger partial charge is 0.461 e. The topological polar surface area (TPSA) is 72.1 Å². The summed E-state index contributed by atoms with van der Waals surface area (Å²) in [5, 5.41) is 0. The average Bonchev–Trinajstić information content (AvgIpc) is 2.73. The molecule has 0 aliphatic heterocycles. The SMILES string of the molecule is CCOC(=O)c1[nH]c(C)c(C(=O)c2cncc(Br)c2)c1C. The van der Waals surface area contributed by atoms with Crippen LogP contribution in [0.5, 0.6) is 0 Å². The molecule has 0 saturated carbocycles. The van der Waals surface area contributed by atoms with E-state index in [-0.39, 0.29) is 12.4 Å². The lowest BCUT2D eigenvalue weighted by molar-refractivity contribution is 0.0519. The third-order valence-electron chi connectivity index (χ3n) is 3.11. The highest BCUT2D eigenvalue weighted by Gasteiger charge is 2.23. The summed E-state index contributed by atoms with van der Waals surface area (Å²) < 4.78 is 5.71. The fraction of sp³-hybridized carbons (Fsp3) is 0.267. The highest BCUT2D eigenvalue weighted by Crippen LogP contribution is 2.23. The van der Waals surface area contributed by atoms with E-state index in [1.165, 1.54) is 6.20 Å². The zero-order chi connectivity index (χ0) is 15.6. The monoisotopic (exact) mass is 350 g/mol. The van der Waals surface area contributed by atoms with Crippen LogP contribution >= 0.6 is 15.9 Å². The normalized spacial score (nSPS) is 10.5. The van der Waals surface area contributed by atoms with Gasteiger partial charge in [0.25, 0.3) is 0 Å². The van der Waals surface area contributed by atoms with E-state index >= 15 is 0 Å². The van der Waals surface area contributed by atoms with Gasteiger partial charge in [-0.1, -0.05) is 0 Å². The Bertz CT molecular complexity index is 707. The molecule has 2 rings (SSSR count). The van der Waals surface area contributed by atoms with E-state index in [0.717, 1.165) is 4.47 Å². The van der Waals surface area contributed by atoms with E-state index in [2.05, 4.69) is 25.9 Å². The summed E-state index contributed by atoms with van der Waals surface area (Å²) in [5.41, 5.74) is 2.50. The van der Waals surface area contributed by atoms with Crippen LogP contribution in [0.3, 0.4) is 0 Å². The maximum Gasteiger partial charge on any atom is 0.355 e. The van der Waals surface area contributed by atoms with Crippen LogP contribution in [0.15, 0.2) is 22.9 Å². The first kappa shape index (κ1) is 15.4. The highest BCUT2D eigenvalue weighted by molar-refractivity contribution is 9.10. The van der Waals surface area contributed by atoms with E-state index < -0.39 is 5.97 Å². The number of nitrogens with one attached hydrogen (secondary N) is 1. The molecule has 0 bridgehead atoms. The number of carbonyl (C=O) groups is 2. The second-order valence-electron chi connectivity index (χ2n) is 4.57. The Morgan fingerprint density at radius 2 is 2.05 bits per heavy atom. The average molecular weight is 351 g/mol. The number of nitrogens with zero attached hydrogens (tertiary/aromatic N) is 1. The number of hydrogen-bond acceptors (Lipinski definition) is 4. The van der Waals surface area contributed by atoms with Crippen molar-refractivity contribution < 1.29 is 14.3 Å². The predicted octanol–water partition coefficient (Wildman–Crippen LogP) is 3.20. The lowest BCUT2D eigenvalue weighted by Crippen LogP contribution is -2.08. The molecule has 0 amide bonds. The predicted molar refractivity (Wildman–Crippen MR) is 81.6 cm³/mol. The molecule has 5 nitrogen and oxygen atoms in total. The number of aromatic amines is 1. The van der Waals surface area contributed by atoms with E-state index in [4.69, 9.17) is 4.74 Å². The van der Waals surface area contributed by atoms with Gasteiger partial charge >= 0.3 is 5.97 Å². The quantitative estimate of drug-likeness (QED) is 0.678. The first-order valence-electron chi connectivity index (χ1n) is 6.47. The molecule has 0 fully saturated rings. The number of pyridine rings is 1. The Morgan fingerprint density at radius 1 is 1.33 bits per heavy atom. The van der Waals surface area contributed by atoms with Crippen LogP contribution in [0.2, 0.25) is 0 Å². The van der Waals surface area contributed by atoms with Gasteiger partial charge in [-0.15, -0.1) is 0 Å². The van der Waals surface area contributed by atoms with Gasteiger partial charge in [-0.25, -0.2) is 4.79 Å². The van der Waals surface area contributed by atoms with Crippen molar-refractivity contribution in [1.29, 1.82) is 0 Å². The maximum atomic E-state index is 12.6. The third kappa shape index (κ3) is 3.05. The number of aromatic nitrogens is 2. The molecule has 0 saturated heterocycles. The van der Waals surface area contributed by atoms with Crippen LogP contribution in [0.1, 0.15) is 44.6 Å². The van der Waals surface area contributed by atoms with Crippen LogP contribution in [-0.4, -0.2) is 28.3 Å². The third-order valence-corrected chi connectivity index (χ3v) is 3.54. The Labute approximate surface area is 130 Å². The molecule has 2 heterocycles. The maximum absolute atomic E-state index is 12.6. The van der Waals surface area contributed by atoms with Crippen molar-refractivity contribution >= 4 is 27.7 Å². The summed E-state index contributed by atoms with van der Waals surface area (Å²) in [7, 11) is 0. The lowest BCUT2D eigenvalue weighted by Gasteiger charge is -2.03. The zero-order valence-corrected chi connectivity index (χ0v) is 13.6. The van der Waals surface area contributed by atoms with E-state index in [1.807, 2.05) is 0 Å². The Morgan fingerprint density at radius 3 is 2.67 bits per heavy atom. The molecule has 0 spiro atoms. The van der Waals surface area contributed by atoms with Gasteiger partial charge in [0, 0.05) is 33.7 Å². The summed E-state index contributed by atoms with van der Waals surface area (Å²) in [6, 6.07) is 1.70. The van der Waals surface area contributed by atoms with Crippen molar-refractivity contribution in [1.82, 2.24) is 9.97 Å². The first-order chi connectivity index (χ1) is 9.95. The fourth-order valence-electron chi connectivity index (χ4n) is 2.18. The number of esters is 1. The van der Waals surface area contributed by atoms with E-state index in [1.54, 1.807) is 33.0 Å². The van der Waals surface area contributed by atoms with Gasteiger partial charge < -0.3 is 9.72 Å². The molecule has 110 valence electrons. The molecule has 1 N–H and O–H groups in total. The van der Waals surface area contributed by atoms with E-state index in [9.17, 15) is 9.59 Å². The Kier molecular flexibility index (Phi) is 4.57. The van der Waals surface area contributed by atoms with Crippen molar-refractivity contribution in [3.63, 3.8) is 0 Å². The van der Waals surface area contributed by atoms with Gasteiger partial charge in [0.05, 0.1) is 6.61 Å². The number of hydrogen-bond donors (Lipinski definition) is 1. The smallest absolute Gasteiger partial charge is 0.355 e. The van der Waals surface area contributed by atoms with E-state index in [0.29, 0.717) is 28.1 Å². The Balaban J connectivity index is 2.45. The van der Waals surface area contributed by atoms with Crippen molar-refractivity contribution in [3.05, 3.63) is 51.0 Å². The lowest BCUT2D eigenvalue weighted by atomic mass is 10.0. The molecule has 0 radical (unpaired) electrons. The van der Waals surface area contributed by atoms with Crippen molar-refractivity contribution in [2.24, 2.45) is 0 Å². The number of H-pyrrole nitrogens is 1. The zero-order valence-electron chi connectivity index (χ0n) is 12.0. The summed E-state index contributed by atoms with van der Waals surface area (Å²) in [6.07, 6.45) is 3.11. The summed E-state index contributed by atoms with van der Waals surface area (Å²) >= 11 is 3.29. The molecule has 2 aromatic rings. The van der Waals surface area contributed by atoms with Crippen LogP contribution in [-0.2, 0) is 4.74 Å². The van der Waals surface area contributed by atoms with Gasteiger partial charge in [-0.05, 0) is 48.3 Å². The van der Waals surface area contributed by atoms with Gasteiger partial charge in [-0.3, -0.25) is 9.78 Å². The molecule has 2 aromatic heterocycles. The van der Waals surface area contributed by atoms with Gasteiger partial charge in [0.15, 0.2) is 5.78 Å². The molecule has 21 heavy (non-hydrogen) atoms. The number of halogens is 1. The molecule has 0 aliphatic carbocycles. The molecule has 0 aromatic carbocycles. The van der Waals surface area contributed by atoms with Crippen LogP contribution in [0, 0.1) is 13.8 Å². The fourth-order valence-corrected chi connectivity index (χ4v) is 2.54. The number of carbonyl (C=O) groups excluding carboxylic acids is 2. The highest BCUT2D eigenvalue weighted by atomic mass is 79.9. The van der Waals surface area contributed by atoms with Crippen molar-refractivity contribution in [2.45, 2.75) is 20.8 Å². The standard InChI is InChI=1S/C15H15BrN2O3/c1-4-21-15(20)13-8(2)12(9(3)18-13)14(19)10-5-11(16)7-17-6-10/h5-7,18H,4H2,1-3H3. The number of ketones is 1. The minimum atomic E-state index is -0.454. The summed E-state index contributed by atoms with van der Waals surface area (Å²) in [5.74, 6) is -0.630. The van der Waals surface area contributed by atoms with Crippen LogP contribution in [0.4, 0.5) is 0 Å². The molecule has 0 aliphatic rings. The van der Waals surface area contributed by atoms with Crippen molar-refractivity contribution in [2.75, 3.05) is 6.61 Å². The Hall–Kier alpha value is -1.95. The second kappa shape index (κ2) is 6.22. The minimum Gasteiger partial charge on any atom is -0.461 e. The number of rotatable bonds is 4. The molecule has 0 unspecified atom stereocenters. The molecule has 6 heteroatoms. The molecular weight excluding hydrogens is 336 g/mol. The van der Waals surface area contributed by atoms with Crippen LogP contribution in [0.25, 0.3) is 0 Å². The van der Waals surface area contributed by atoms with Crippen molar-refractivity contribution in [3.8, 4) is 0 Å². The van der Waals surface area contributed by atoms with Gasteiger partial charge in [0.2, 0.25) is 0 Å². The molecule has 0 atom stereocenters.